The maximum absolute atomic E-state index is 12.6. The van der Waals surface area contributed by atoms with E-state index >= 15 is 0 Å². The van der Waals surface area contributed by atoms with Crippen LogP contribution in [0.25, 0.3) is 0 Å². The smallest absolute Gasteiger partial charge is 0.224 e. The van der Waals surface area contributed by atoms with Gasteiger partial charge in [-0.1, -0.05) is 102 Å². The average molecular weight is 551 g/mol. The molecule has 4 nitrogen and oxygen atoms in total. The van der Waals surface area contributed by atoms with Crippen molar-refractivity contribution in [2.45, 2.75) is 111 Å². The molecule has 5 heteroatoms. The summed E-state index contributed by atoms with van der Waals surface area (Å²) >= 11 is 1.87. The van der Waals surface area contributed by atoms with Gasteiger partial charge in [0, 0.05) is 25.4 Å². The Bertz CT molecular complexity index is 1020. The third-order valence-corrected chi connectivity index (χ3v) is 8.34. The molecule has 1 aliphatic rings. The number of allylic oxidation sites excluding steroid dienone is 1. The second-order valence-corrected chi connectivity index (χ2v) is 12.1. The van der Waals surface area contributed by atoms with Crippen molar-refractivity contribution in [2.24, 2.45) is 0 Å². The fraction of sp³-hybridized carbons (Fsp3) is 0.559. The minimum absolute atomic E-state index is 0.0439. The highest BCUT2D eigenvalue weighted by molar-refractivity contribution is 8.03. The van der Waals surface area contributed by atoms with Crippen LogP contribution >= 0.6 is 11.8 Å². The van der Waals surface area contributed by atoms with Crippen LogP contribution < -0.4 is 9.64 Å². The van der Waals surface area contributed by atoms with E-state index in [1.54, 1.807) is 6.92 Å². The minimum Gasteiger partial charge on any atom is -0.494 e. The quantitative estimate of drug-likeness (QED) is 0.163. The predicted octanol–water partition coefficient (Wildman–Crippen LogP) is 9.69. The number of carbonyl (C=O) groups excluding carboxylic acids is 1. The monoisotopic (exact) mass is 550 g/mol. The van der Waals surface area contributed by atoms with Crippen LogP contribution in [-0.4, -0.2) is 23.3 Å². The van der Waals surface area contributed by atoms with E-state index in [-0.39, 0.29) is 5.91 Å². The topological polar surface area (TPSA) is 32.8 Å². The van der Waals surface area contributed by atoms with E-state index < -0.39 is 0 Å². The Morgan fingerprint density at radius 2 is 1.51 bits per heavy atom. The number of hydrogen-bond acceptors (Lipinski definition) is 4. The van der Waals surface area contributed by atoms with Gasteiger partial charge in [-0.15, -0.1) is 11.8 Å². The van der Waals surface area contributed by atoms with Crippen molar-refractivity contribution in [3.05, 3.63) is 70.8 Å². The van der Waals surface area contributed by atoms with Crippen LogP contribution in [-0.2, 0) is 17.9 Å². The van der Waals surface area contributed by atoms with E-state index in [9.17, 15) is 4.79 Å². The van der Waals surface area contributed by atoms with Crippen molar-refractivity contribution in [1.82, 2.24) is 4.90 Å². The second-order valence-electron chi connectivity index (χ2n) is 10.9. The van der Waals surface area contributed by atoms with E-state index in [1.807, 2.05) is 34.9 Å². The molecule has 3 rings (SSSR count). The van der Waals surface area contributed by atoms with Crippen LogP contribution in [0, 0.1) is 0 Å². The summed E-state index contributed by atoms with van der Waals surface area (Å²) < 4.78 is 6.07. The maximum Gasteiger partial charge on any atom is 0.224 e. The number of ether oxygens (including phenoxy) is 1. The SMILES string of the molecule is CCCCCCCCCCCCCCOc1cccc(CN(C(C)=O)c2cccc(CN3C=C(C)SC3)c2)c1. The standard InChI is InChI=1S/C34H50N2O2S/c1-4-5-6-7-8-9-10-11-12-13-14-15-22-38-34-21-17-19-32(24-34)27-36(30(3)37)33-20-16-18-31(23-33)26-35-25-29(2)39-28-35/h16-21,23-25H,4-15,22,26-28H2,1-3H3. The Kier molecular flexibility index (Phi) is 14.4. The first kappa shape index (κ1) is 31.1. The van der Waals surface area contributed by atoms with Gasteiger partial charge in [-0.05, 0) is 53.6 Å². The van der Waals surface area contributed by atoms with Gasteiger partial charge in [0.25, 0.3) is 0 Å². The normalized spacial score (nSPS) is 13.0. The number of unbranched alkanes of at least 4 members (excludes halogenated alkanes) is 11. The molecule has 0 bridgehead atoms. The van der Waals surface area contributed by atoms with Crippen LogP contribution in [0.15, 0.2) is 59.6 Å². The molecule has 0 spiro atoms. The van der Waals surface area contributed by atoms with Crippen LogP contribution in [0.3, 0.4) is 0 Å². The molecule has 1 heterocycles. The molecule has 1 aliphatic heterocycles. The van der Waals surface area contributed by atoms with Gasteiger partial charge >= 0.3 is 0 Å². The van der Waals surface area contributed by atoms with Gasteiger partial charge in [-0.3, -0.25) is 4.79 Å². The number of amides is 1. The van der Waals surface area contributed by atoms with Gasteiger partial charge in [0.1, 0.15) is 5.75 Å². The lowest BCUT2D eigenvalue weighted by Gasteiger charge is -2.23. The highest BCUT2D eigenvalue weighted by Crippen LogP contribution is 2.27. The fourth-order valence-electron chi connectivity index (χ4n) is 5.10. The number of nitrogens with zero attached hydrogens (tertiary/aromatic N) is 2. The predicted molar refractivity (Wildman–Crippen MR) is 168 cm³/mol. The zero-order valence-electron chi connectivity index (χ0n) is 24.6. The molecule has 0 fully saturated rings. The van der Waals surface area contributed by atoms with Crippen molar-refractivity contribution in [3.8, 4) is 5.75 Å². The number of hydrogen-bond donors (Lipinski definition) is 0. The minimum atomic E-state index is 0.0439. The molecule has 2 aromatic carbocycles. The summed E-state index contributed by atoms with van der Waals surface area (Å²) in [7, 11) is 0. The van der Waals surface area contributed by atoms with Gasteiger partial charge < -0.3 is 14.5 Å². The maximum atomic E-state index is 12.6. The highest BCUT2D eigenvalue weighted by atomic mass is 32.2. The van der Waals surface area contributed by atoms with Crippen molar-refractivity contribution in [1.29, 1.82) is 0 Å². The van der Waals surface area contributed by atoms with E-state index in [1.165, 1.54) is 81.1 Å². The number of benzene rings is 2. The van der Waals surface area contributed by atoms with Gasteiger partial charge in [0.15, 0.2) is 0 Å². The van der Waals surface area contributed by atoms with Gasteiger partial charge in [0.2, 0.25) is 5.91 Å². The second kappa shape index (κ2) is 18.0. The summed E-state index contributed by atoms with van der Waals surface area (Å²) in [5.74, 6) is 1.92. The van der Waals surface area contributed by atoms with Gasteiger partial charge in [0.05, 0.1) is 19.0 Å². The Morgan fingerprint density at radius 3 is 2.15 bits per heavy atom. The molecular formula is C34H50N2O2S. The first-order chi connectivity index (χ1) is 19.0. The third-order valence-electron chi connectivity index (χ3n) is 7.32. The highest BCUT2D eigenvalue weighted by Gasteiger charge is 2.15. The Hall–Kier alpha value is -2.40. The molecule has 0 aromatic heterocycles. The molecule has 0 N–H and O–H groups in total. The molecule has 2 aromatic rings. The Morgan fingerprint density at radius 1 is 0.872 bits per heavy atom. The van der Waals surface area contributed by atoms with Crippen LogP contribution in [0.1, 0.15) is 109 Å². The number of thioether (sulfide) groups is 1. The summed E-state index contributed by atoms with van der Waals surface area (Å²) in [5.41, 5.74) is 3.23. The van der Waals surface area contributed by atoms with E-state index in [4.69, 9.17) is 4.74 Å². The molecule has 0 aliphatic carbocycles. The average Bonchev–Trinajstić information content (AvgIpc) is 3.34. The lowest BCUT2D eigenvalue weighted by atomic mass is 10.1. The molecule has 214 valence electrons. The van der Waals surface area contributed by atoms with Crippen LogP contribution in [0.5, 0.6) is 5.75 Å². The molecule has 0 unspecified atom stereocenters. The summed E-state index contributed by atoms with van der Waals surface area (Å²) in [6.07, 6.45) is 18.3. The molecule has 0 radical (unpaired) electrons. The summed E-state index contributed by atoms with van der Waals surface area (Å²) in [6, 6.07) is 16.6. The zero-order valence-corrected chi connectivity index (χ0v) is 25.4. The van der Waals surface area contributed by atoms with Crippen molar-refractivity contribution in [2.75, 3.05) is 17.4 Å². The largest absolute Gasteiger partial charge is 0.494 e. The number of rotatable bonds is 19. The lowest BCUT2D eigenvalue weighted by molar-refractivity contribution is -0.116. The molecule has 0 saturated heterocycles. The van der Waals surface area contributed by atoms with Gasteiger partial charge in [-0.25, -0.2) is 0 Å². The number of anilines is 1. The summed E-state index contributed by atoms with van der Waals surface area (Å²) in [5, 5.41) is 0. The first-order valence-corrected chi connectivity index (χ1v) is 16.2. The fourth-order valence-corrected chi connectivity index (χ4v) is 5.86. The Balaban J connectivity index is 1.38. The van der Waals surface area contributed by atoms with Crippen molar-refractivity contribution in [3.63, 3.8) is 0 Å². The molecule has 1 amide bonds. The van der Waals surface area contributed by atoms with Crippen LogP contribution in [0.2, 0.25) is 0 Å². The number of carbonyl (C=O) groups is 1. The molecule has 39 heavy (non-hydrogen) atoms. The summed E-state index contributed by atoms with van der Waals surface area (Å²) in [4.78, 5) is 18.1. The van der Waals surface area contributed by atoms with Gasteiger partial charge in [-0.2, -0.15) is 0 Å². The zero-order chi connectivity index (χ0) is 27.7. The van der Waals surface area contributed by atoms with Crippen molar-refractivity contribution >= 4 is 23.4 Å². The molecule has 0 atom stereocenters. The Labute approximate surface area is 242 Å². The molecule has 0 saturated carbocycles. The summed E-state index contributed by atoms with van der Waals surface area (Å²) in [6.45, 7) is 8.21. The lowest BCUT2D eigenvalue weighted by Crippen LogP contribution is -2.28. The van der Waals surface area contributed by atoms with Crippen LogP contribution in [0.4, 0.5) is 5.69 Å². The van der Waals surface area contributed by atoms with E-state index in [0.717, 1.165) is 42.4 Å². The van der Waals surface area contributed by atoms with E-state index in [2.05, 4.69) is 55.3 Å². The molecular weight excluding hydrogens is 500 g/mol. The van der Waals surface area contributed by atoms with Crippen molar-refractivity contribution < 1.29 is 9.53 Å². The first-order valence-electron chi connectivity index (χ1n) is 15.2. The van der Waals surface area contributed by atoms with E-state index in [0.29, 0.717) is 6.54 Å². The third kappa shape index (κ3) is 12.1.